The van der Waals surface area contributed by atoms with Gasteiger partial charge in [-0.3, -0.25) is 0 Å². The van der Waals surface area contributed by atoms with Gasteiger partial charge in [0.05, 0.1) is 0 Å². The molecule has 0 amide bonds. The smallest absolute Gasteiger partial charge is 0.136 e. The van der Waals surface area contributed by atoms with Crippen molar-refractivity contribution >= 4 is 40.1 Å². The Kier molecular flexibility index (Phi) is 3.81. The molecule has 2 nitrogen and oxygen atoms in total. The molecule has 4 heteroatoms. The molecule has 1 N–H and O–H groups in total. The van der Waals surface area contributed by atoms with E-state index in [0.29, 0.717) is 0 Å². The Morgan fingerprint density at radius 3 is 2.75 bits per heavy atom. The van der Waals surface area contributed by atoms with E-state index in [0.717, 1.165) is 32.2 Å². The van der Waals surface area contributed by atoms with Crippen molar-refractivity contribution in [2.75, 3.05) is 4.72 Å². The zero-order valence-corrected chi connectivity index (χ0v) is 12.5. The number of aryl methyl sites for hydroxylation is 1. The molecule has 3 aromatic rings. The summed E-state index contributed by atoms with van der Waals surface area (Å²) in [5, 5.41) is 3.00. The zero-order valence-electron chi connectivity index (χ0n) is 10.9. The summed E-state index contributed by atoms with van der Waals surface area (Å²) in [6, 6.07) is 18.1. The zero-order chi connectivity index (χ0) is 13.9. The van der Waals surface area contributed by atoms with E-state index in [-0.39, 0.29) is 0 Å². The fraction of sp³-hybridized carbons (Fsp3) is 0.0625. The van der Waals surface area contributed by atoms with Crippen LogP contribution in [0.25, 0.3) is 10.8 Å². The van der Waals surface area contributed by atoms with E-state index in [4.69, 9.17) is 11.6 Å². The third kappa shape index (κ3) is 2.89. The third-order valence-electron chi connectivity index (χ3n) is 2.96. The van der Waals surface area contributed by atoms with Gasteiger partial charge in [0, 0.05) is 21.0 Å². The molecule has 0 bridgehead atoms. The van der Waals surface area contributed by atoms with E-state index in [1.807, 2.05) is 43.3 Å². The molecule has 0 fully saturated rings. The van der Waals surface area contributed by atoms with E-state index in [9.17, 15) is 0 Å². The fourth-order valence-electron chi connectivity index (χ4n) is 2.00. The van der Waals surface area contributed by atoms with Gasteiger partial charge in [-0.15, -0.1) is 0 Å². The van der Waals surface area contributed by atoms with Crippen LogP contribution in [-0.2, 0) is 0 Å². The molecule has 0 spiro atoms. The number of nitrogens with one attached hydrogen (secondary N) is 1. The molecule has 0 saturated carbocycles. The molecule has 1 aromatic heterocycles. The summed E-state index contributed by atoms with van der Waals surface area (Å²) in [5.41, 5.74) is 1.00. The number of halogens is 1. The second-order valence-electron chi connectivity index (χ2n) is 4.49. The van der Waals surface area contributed by atoms with Crippen molar-refractivity contribution in [2.45, 2.75) is 11.8 Å². The van der Waals surface area contributed by atoms with E-state index in [1.54, 1.807) is 11.9 Å². The fourth-order valence-corrected chi connectivity index (χ4v) is 2.90. The summed E-state index contributed by atoms with van der Waals surface area (Å²) >= 11 is 7.71. The maximum atomic E-state index is 6.17. The van der Waals surface area contributed by atoms with Crippen molar-refractivity contribution in [2.24, 2.45) is 0 Å². The van der Waals surface area contributed by atoms with Gasteiger partial charge in [-0.2, -0.15) is 0 Å². The van der Waals surface area contributed by atoms with Gasteiger partial charge in [-0.1, -0.05) is 35.9 Å². The van der Waals surface area contributed by atoms with E-state index in [1.165, 1.54) is 0 Å². The van der Waals surface area contributed by atoms with Crippen LogP contribution in [0, 0.1) is 6.92 Å². The van der Waals surface area contributed by atoms with Crippen LogP contribution in [0.5, 0.6) is 0 Å². The number of aromatic nitrogens is 1. The topological polar surface area (TPSA) is 24.9 Å². The molecule has 0 aliphatic heterocycles. The molecular weight excluding hydrogens is 288 g/mol. The minimum atomic E-state index is 0.785. The summed E-state index contributed by atoms with van der Waals surface area (Å²) < 4.78 is 3.25. The Bertz CT molecular complexity index is 758. The average molecular weight is 301 g/mol. The second-order valence-corrected chi connectivity index (χ2v) is 5.78. The highest BCUT2D eigenvalue weighted by molar-refractivity contribution is 8.00. The highest BCUT2D eigenvalue weighted by Crippen LogP contribution is 2.28. The highest BCUT2D eigenvalue weighted by atomic mass is 35.5. The number of hydrogen-bond donors (Lipinski definition) is 1. The molecular formula is C16H13ClN2S. The van der Waals surface area contributed by atoms with Gasteiger partial charge < -0.3 is 4.72 Å². The van der Waals surface area contributed by atoms with E-state index >= 15 is 0 Å². The van der Waals surface area contributed by atoms with Crippen LogP contribution in [0.1, 0.15) is 5.69 Å². The molecule has 0 saturated heterocycles. The lowest BCUT2D eigenvalue weighted by molar-refractivity contribution is 1.21. The van der Waals surface area contributed by atoms with Crippen LogP contribution in [0.3, 0.4) is 0 Å². The van der Waals surface area contributed by atoms with Crippen LogP contribution in [0.2, 0.25) is 5.02 Å². The van der Waals surface area contributed by atoms with Gasteiger partial charge in [0.25, 0.3) is 0 Å². The summed E-state index contributed by atoms with van der Waals surface area (Å²) in [4.78, 5) is 5.54. The summed E-state index contributed by atoms with van der Waals surface area (Å²) in [7, 11) is 0. The lowest BCUT2D eigenvalue weighted by Gasteiger charge is -2.07. The van der Waals surface area contributed by atoms with Crippen molar-refractivity contribution < 1.29 is 0 Å². The minimum Gasteiger partial charge on any atom is -0.310 e. The first-order valence-corrected chi connectivity index (χ1v) is 7.46. The quantitative estimate of drug-likeness (QED) is 0.663. The minimum absolute atomic E-state index is 0.785. The number of benzene rings is 2. The number of pyridine rings is 1. The molecule has 0 radical (unpaired) electrons. The second kappa shape index (κ2) is 5.73. The van der Waals surface area contributed by atoms with Crippen LogP contribution < -0.4 is 4.72 Å². The molecule has 0 aliphatic rings. The maximum Gasteiger partial charge on any atom is 0.136 e. The van der Waals surface area contributed by atoms with Crippen molar-refractivity contribution in [1.29, 1.82) is 0 Å². The van der Waals surface area contributed by atoms with Crippen molar-refractivity contribution in [1.82, 2.24) is 4.98 Å². The molecule has 0 aliphatic carbocycles. The lowest BCUT2D eigenvalue weighted by atomic mass is 10.1. The van der Waals surface area contributed by atoms with Crippen LogP contribution >= 0.6 is 23.5 Å². The molecule has 3 rings (SSSR count). The number of fused-ring (bicyclic) bond motifs is 1. The summed E-state index contributed by atoms with van der Waals surface area (Å²) in [6.45, 7) is 1.98. The SMILES string of the molecule is Cc1cccc(NSc2ccc3c(Cl)cccc3c2)n1. The lowest BCUT2D eigenvalue weighted by Crippen LogP contribution is -1.91. The number of hydrogen-bond acceptors (Lipinski definition) is 3. The number of anilines is 1. The Hall–Kier alpha value is -1.71. The van der Waals surface area contributed by atoms with Gasteiger partial charge in [0.2, 0.25) is 0 Å². The van der Waals surface area contributed by atoms with Crippen LogP contribution in [0.4, 0.5) is 5.82 Å². The molecule has 2 aromatic carbocycles. The van der Waals surface area contributed by atoms with Crippen LogP contribution in [0.15, 0.2) is 59.5 Å². The number of nitrogens with zero attached hydrogens (tertiary/aromatic N) is 1. The predicted octanol–water partition coefficient (Wildman–Crippen LogP) is 5.32. The van der Waals surface area contributed by atoms with Crippen LogP contribution in [-0.4, -0.2) is 4.98 Å². The molecule has 1 heterocycles. The van der Waals surface area contributed by atoms with E-state index in [2.05, 4.69) is 27.9 Å². The van der Waals surface area contributed by atoms with Gasteiger partial charge in [0.1, 0.15) is 5.82 Å². The van der Waals surface area contributed by atoms with Crippen molar-refractivity contribution in [3.63, 3.8) is 0 Å². The predicted molar refractivity (Wildman–Crippen MR) is 87.4 cm³/mol. The molecule has 0 atom stereocenters. The Balaban J connectivity index is 1.81. The number of rotatable bonds is 3. The molecule has 20 heavy (non-hydrogen) atoms. The first kappa shape index (κ1) is 13.3. The van der Waals surface area contributed by atoms with Gasteiger partial charge in [0.15, 0.2) is 0 Å². The van der Waals surface area contributed by atoms with Gasteiger partial charge in [-0.05, 0) is 54.6 Å². The Morgan fingerprint density at radius 2 is 1.90 bits per heavy atom. The highest BCUT2D eigenvalue weighted by Gasteiger charge is 2.01. The van der Waals surface area contributed by atoms with E-state index < -0.39 is 0 Å². The largest absolute Gasteiger partial charge is 0.310 e. The Labute approximate surface area is 127 Å². The molecule has 100 valence electrons. The maximum absolute atomic E-state index is 6.17. The third-order valence-corrected chi connectivity index (χ3v) is 4.09. The standard InChI is InChI=1S/C16H13ClN2S/c1-11-4-2-7-16(18-11)19-20-13-8-9-14-12(10-13)5-3-6-15(14)17/h2-10H,1H3,(H,18,19). The van der Waals surface area contributed by atoms with Gasteiger partial charge >= 0.3 is 0 Å². The average Bonchev–Trinajstić information content (AvgIpc) is 2.45. The van der Waals surface area contributed by atoms with Crippen molar-refractivity contribution in [3.05, 3.63) is 65.3 Å². The normalized spacial score (nSPS) is 10.7. The first-order chi connectivity index (χ1) is 9.72. The molecule has 0 unspecified atom stereocenters. The van der Waals surface area contributed by atoms with Crippen molar-refractivity contribution in [3.8, 4) is 0 Å². The Morgan fingerprint density at radius 1 is 1.05 bits per heavy atom. The first-order valence-electron chi connectivity index (χ1n) is 6.27. The summed E-state index contributed by atoms with van der Waals surface area (Å²) in [6.07, 6.45) is 0. The summed E-state index contributed by atoms with van der Waals surface area (Å²) in [5.74, 6) is 0.862. The monoisotopic (exact) mass is 300 g/mol. The van der Waals surface area contributed by atoms with Gasteiger partial charge in [-0.25, -0.2) is 4.98 Å².